The molecule has 1 atom stereocenters. The molecule has 5 rings (SSSR count). The van der Waals surface area contributed by atoms with Gasteiger partial charge in [0, 0.05) is 24.5 Å². The van der Waals surface area contributed by atoms with Gasteiger partial charge in [-0.25, -0.2) is 13.8 Å². The van der Waals surface area contributed by atoms with E-state index in [2.05, 4.69) is 5.16 Å². The second-order valence-corrected chi connectivity index (χ2v) is 9.77. The number of aliphatic carboxylic acids is 1. The largest absolute Gasteiger partial charge is 0.481 e. The molecule has 210 valence electrons. The molecule has 10 heteroatoms. The third-order valence-electron chi connectivity index (χ3n) is 7.11. The van der Waals surface area contributed by atoms with Crippen LogP contribution in [-0.4, -0.2) is 30.9 Å². The number of aryl methyl sites for hydroxylation is 1. The van der Waals surface area contributed by atoms with Gasteiger partial charge in [-0.2, -0.15) is 0 Å². The van der Waals surface area contributed by atoms with Gasteiger partial charge in [0.15, 0.2) is 5.76 Å². The van der Waals surface area contributed by atoms with Crippen LogP contribution in [0.3, 0.4) is 0 Å². The average Bonchev–Trinajstić information content (AvgIpc) is 3.47. The van der Waals surface area contributed by atoms with Gasteiger partial charge in [0.1, 0.15) is 28.8 Å². The average molecular weight is 560 g/mol. The summed E-state index contributed by atoms with van der Waals surface area (Å²) in [7, 11) is 0. The molecule has 0 amide bonds. The van der Waals surface area contributed by atoms with Crippen LogP contribution < -0.4 is 5.56 Å². The predicted molar refractivity (Wildman–Crippen MR) is 148 cm³/mol. The van der Waals surface area contributed by atoms with Crippen LogP contribution in [0.5, 0.6) is 0 Å². The molecule has 2 heterocycles. The molecule has 8 nitrogen and oxygen atoms in total. The van der Waals surface area contributed by atoms with Gasteiger partial charge in [0.2, 0.25) is 0 Å². The van der Waals surface area contributed by atoms with E-state index in [1.54, 1.807) is 31.2 Å². The first-order chi connectivity index (χ1) is 19.7. The first-order valence-electron chi connectivity index (χ1n) is 13.2. The molecule has 0 unspecified atom stereocenters. The molecule has 0 bridgehead atoms. The number of hydrogen-bond acceptors (Lipinski definition) is 6. The van der Waals surface area contributed by atoms with E-state index in [1.807, 2.05) is 0 Å². The van der Waals surface area contributed by atoms with Crippen molar-refractivity contribution in [3.05, 3.63) is 112 Å². The first kappa shape index (κ1) is 27.9. The van der Waals surface area contributed by atoms with Crippen molar-refractivity contribution >= 4 is 16.9 Å². The van der Waals surface area contributed by atoms with Crippen LogP contribution >= 0.6 is 0 Å². The Morgan fingerprint density at radius 1 is 0.976 bits per heavy atom. The zero-order chi connectivity index (χ0) is 29.1. The third kappa shape index (κ3) is 5.64. The monoisotopic (exact) mass is 559 g/mol. The fourth-order valence-corrected chi connectivity index (χ4v) is 4.83. The van der Waals surface area contributed by atoms with Gasteiger partial charge in [-0.1, -0.05) is 30.3 Å². The fraction of sp³-hybridized carbons (Fsp3) is 0.226. The van der Waals surface area contributed by atoms with Crippen LogP contribution in [0.4, 0.5) is 8.78 Å². The minimum absolute atomic E-state index is 0.00493. The molecule has 0 radical (unpaired) electrons. The summed E-state index contributed by atoms with van der Waals surface area (Å²) in [5.41, 5.74) is 0.422. The van der Waals surface area contributed by atoms with Crippen LogP contribution in [0.25, 0.3) is 27.8 Å². The van der Waals surface area contributed by atoms with E-state index in [1.165, 1.54) is 53.1 Å². The Labute approximate surface area is 233 Å². The highest BCUT2D eigenvalue weighted by Crippen LogP contribution is 2.35. The van der Waals surface area contributed by atoms with Crippen molar-refractivity contribution in [2.24, 2.45) is 0 Å². The first-order valence-corrected chi connectivity index (χ1v) is 13.2. The summed E-state index contributed by atoms with van der Waals surface area (Å²) in [6.45, 7) is 1.77. The van der Waals surface area contributed by atoms with Gasteiger partial charge in [-0.05, 0) is 73.4 Å². The van der Waals surface area contributed by atoms with Gasteiger partial charge in [0.05, 0.1) is 16.6 Å². The van der Waals surface area contributed by atoms with Gasteiger partial charge >= 0.3 is 5.97 Å². The Hall–Kier alpha value is -4.70. The molecule has 0 saturated carbocycles. The minimum Gasteiger partial charge on any atom is -0.481 e. The lowest BCUT2D eigenvalue weighted by molar-refractivity contribution is -0.137. The lowest BCUT2D eigenvalue weighted by Gasteiger charge is -2.24. The molecule has 2 N–H and O–H groups in total. The lowest BCUT2D eigenvalue weighted by Crippen LogP contribution is -2.25. The maximum atomic E-state index is 13.6. The van der Waals surface area contributed by atoms with Crippen molar-refractivity contribution in [3.63, 3.8) is 0 Å². The highest BCUT2D eigenvalue weighted by molar-refractivity contribution is 5.83. The molecule has 3 aromatic carbocycles. The number of benzene rings is 3. The van der Waals surface area contributed by atoms with Crippen LogP contribution in [0, 0.1) is 11.6 Å². The van der Waals surface area contributed by atoms with E-state index in [9.17, 15) is 23.5 Å². The minimum atomic E-state index is -1.53. The molecule has 0 spiro atoms. The maximum Gasteiger partial charge on any atom is 0.303 e. The van der Waals surface area contributed by atoms with E-state index >= 15 is 0 Å². The summed E-state index contributed by atoms with van der Waals surface area (Å²) in [5.74, 6) is -1.17. The maximum absolute atomic E-state index is 13.6. The van der Waals surface area contributed by atoms with Crippen LogP contribution in [0.15, 0.2) is 82.1 Å². The number of aliphatic hydroxyl groups is 1. The molecule has 0 aliphatic carbocycles. The second-order valence-electron chi connectivity index (χ2n) is 9.77. The topological polar surface area (TPSA) is 118 Å². The van der Waals surface area contributed by atoms with E-state index in [4.69, 9.17) is 14.6 Å². The number of carboxylic acids is 1. The Morgan fingerprint density at radius 3 is 2.32 bits per heavy atom. The number of rotatable bonds is 10. The van der Waals surface area contributed by atoms with Crippen molar-refractivity contribution in [1.82, 2.24) is 14.7 Å². The van der Waals surface area contributed by atoms with E-state index in [0.717, 1.165) is 0 Å². The molecule has 0 saturated heterocycles. The molecule has 2 aromatic heterocycles. The van der Waals surface area contributed by atoms with Crippen molar-refractivity contribution in [3.8, 4) is 16.9 Å². The number of aromatic nitrogens is 3. The van der Waals surface area contributed by atoms with Gasteiger partial charge < -0.3 is 14.7 Å². The number of fused-ring (bicyclic) bond motifs is 1. The number of carbonyl (C=O) groups is 1. The lowest BCUT2D eigenvalue weighted by atomic mass is 9.88. The normalized spacial score (nSPS) is 12.9. The van der Waals surface area contributed by atoms with E-state index < -0.39 is 23.2 Å². The number of hydrogen-bond donors (Lipinski definition) is 2. The summed E-state index contributed by atoms with van der Waals surface area (Å²) in [6, 6.07) is 17.6. The van der Waals surface area contributed by atoms with E-state index in [0.29, 0.717) is 58.5 Å². The molecular formula is C31H27F2N3O5. The highest BCUT2D eigenvalue weighted by Gasteiger charge is 2.34. The molecule has 5 aromatic rings. The van der Waals surface area contributed by atoms with Crippen molar-refractivity contribution in [2.75, 3.05) is 0 Å². The van der Waals surface area contributed by atoms with Crippen molar-refractivity contribution < 1.29 is 28.3 Å². The quantitative estimate of drug-likeness (QED) is 0.209. The van der Waals surface area contributed by atoms with Crippen LogP contribution in [0.2, 0.25) is 0 Å². The van der Waals surface area contributed by atoms with Gasteiger partial charge in [-0.3, -0.25) is 14.2 Å². The summed E-state index contributed by atoms with van der Waals surface area (Å²) >= 11 is 0. The molecule has 0 aliphatic heterocycles. The third-order valence-corrected chi connectivity index (χ3v) is 7.11. The summed E-state index contributed by atoms with van der Waals surface area (Å²) in [6.07, 6.45) is 1.46. The fourth-order valence-electron chi connectivity index (χ4n) is 4.83. The predicted octanol–water partition coefficient (Wildman–Crippen LogP) is 5.76. The molecule has 0 fully saturated rings. The number of unbranched alkanes of at least 4 members (excludes halogenated alkanes) is 1. The Kier molecular flexibility index (Phi) is 7.76. The highest BCUT2D eigenvalue weighted by atomic mass is 19.1. The molecule has 41 heavy (non-hydrogen) atoms. The summed E-state index contributed by atoms with van der Waals surface area (Å²) in [4.78, 5) is 29.3. The smallest absolute Gasteiger partial charge is 0.303 e. The van der Waals surface area contributed by atoms with Crippen LogP contribution in [-0.2, 0) is 16.8 Å². The van der Waals surface area contributed by atoms with Crippen LogP contribution in [0.1, 0.15) is 49.8 Å². The SMILES string of the molecule is CC[C@](O)(c1ccc(F)cc1)c1cc(-c2ccc3c(=O)n(-c4ccc(F)cc4)c(CCCCC(=O)O)nc3c2)no1. The number of nitrogens with zero attached hydrogens (tertiary/aromatic N) is 3. The van der Waals surface area contributed by atoms with E-state index in [-0.39, 0.29) is 24.2 Å². The number of halogens is 2. The standard InChI is InChI=1S/C31H27F2N3O5/c1-2-31(40,20-8-10-21(32)11-9-20)27-18-25(35-41-27)19-7-16-24-26(17-19)34-28(5-3-4-6-29(37)38)36(30(24)39)23-14-12-22(33)13-15-23/h7-18,40H,2-6H2,1H3,(H,37,38)/t31-/m0/s1. The zero-order valence-corrected chi connectivity index (χ0v) is 22.2. The Balaban J connectivity index is 1.55. The van der Waals surface area contributed by atoms with Crippen molar-refractivity contribution in [1.29, 1.82) is 0 Å². The zero-order valence-electron chi connectivity index (χ0n) is 22.2. The Bertz CT molecular complexity index is 1760. The molecular weight excluding hydrogens is 532 g/mol. The summed E-state index contributed by atoms with van der Waals surface area (Å²) in [5, 5.41) is 24.8. The Morgan fingerprint density at radius 2 is 1.66 bits per heavy atom. The number of carboxylic acid groups (broad SMARTS) is 1. The summed E-state index contributed by atoms with van der Waals surface area (Å²) < 4.78 is 34.0. The second kappa shape index (κ2) is 11.4. The van der Waals surface area contributed by atoms with Gasteiger partial charge in [0.25, 0.3) is 5.56 Å². The van der Waals surface area contributed by atoms with Crippen molar-refractivity contribution in [2.45, 2.75) is 44.6 Å². The molecule has 0 aliphatic rings. The van der Waals surface area contributed by atoms with Gasteiger partial charge in [-0.15, -0.1) is 0 Å².